The van der Waals surface area contributed by atoms with Gasteiger partial charge in [-0.3, -0.25) is 15.0 Å². The third-order valence-corrected chi connectivity index (χ3v) is 3.23. The summed E-state index contributed by atoms with van der Waals surface area (Å²) >= 11 is 0. The van der Waals surface area contributed by atoms with Gasteiger partial charge in [-0.2, -0.15) is 0 Å². The normalized spacial score (nSPS) is 14.7. The van der Waals surface area contributed by atoms with Crippen molar-refractivity contribution >= 4 is 17.5 Å². The van der Waals surface area contributed by atoms with E-state index in [1.165, 1.54) is 5.01 Å². The second kappa shape index (κ2) is 6.92. The van der Waals surface area contributed by atoms with Crippen LogP contribution in [0.15, 0.2) is 42.1 Å². The lowest BCUT2D eigenvalue weighted by molar-refractivity contribution is -0.120. The van der Waals surface area contributed by atoms with Gasteiger partial charge in [0.25, 0.3) is 5.91 Å². The number of anilines is 1. The summed E-state index contributed by atoms with van der Waals surface area (Å²) in [6.07, 6.45) is 2.78. The van der Waals surface area contributed by atoms with Gasteiger partial charge < -0.3 is 5.32 Å². The van der Waals surface area contributed by atoms with Crippen LogP contribution < -0.4 is 15.8 Å². The van der Waals surface area contributed by atoms with Gasteiger partial charge in [0.2, 0.25) is 5.91 Å². The Bertz CT molecular complexity index is 538. The molecule has 0 bridgehead atoms. The van der Waals surface area contributed by atoms with E-state index in [1.54, 1.807) is 6.08 Å². The van der Waals surface area contributed by atoms with Gasteiger partial charge in [-0.1, -0.05) is 32.0 Å². The van der Waals surface area contributed by atoms with Gasteiger partial charge in [0.05, 0.1) is 5.69 Å². The first-order valence-corrected chi connectivity index (χ1v) is 7.21. The molecule has 1 aromatic carbocycles. The van der Waals surface area contributed by atoms with Crippen molar-refractivity contribution in [1.82, 2.24) is 10.7 Å². The van der Waals surface area contributed by atoms with Crippen LogP contribution in [0.5, 0.6) is 0 Å². The van der Waals surface area contributed by atoms with Gasteiger partial charge in [0.1, 0.15) is 5.70 Å². The van der Waals surface area contributed by atoms with Gasteiger partial charge in [-0.15, -0.1) is 0 Å². The molecule has 2 rings (SSSR count). The van der Waals surface area contributed by atoms with Gasteiger partial charge in [-0.25, -0.2) is 5.01 Å². The number of nitrogens with zero attached hydrogens (tertiary/aromatic N) is 1. The molecule has 1 aliphatic rings. The van der Waals surface area contributed by atoms with Crippen molar-refractivity contribution in [2.24, 2.45) is 5.92 Å². The third-order valence-electron chi connectivity index (χ3n) is 3.23. The van der Waals surface area contributed by atoms with E-state index < -0.39 is 0 Å². The highest BCUT2D eigenvalue weighted by molar-refractivity contribution is 6.00. The van der Waals surface area contributed by atoms with Crippen molar-refractivity contribution in [3.8, 4) is 0 Å². The van der Waals surface area contributed by atoms with Crippen LogP contribution in [0.3, 0.4) is 0 Å². The number of benzene rings is 1. The second-order valence-electron chi connectivity index (χ2n) is 5.44. The molecule has 0 saturated heterocycles. The number of hydrogen-bond acceptors (Lipinski definition) is 3. The summed E-state index contributed by atoms with van der Waals surface area (Å²) in [6, 6.07) is 9.23. The first-order valence-electron chi connectivity index (χ1n) is 7.21. The Labute approximate surface area is 125 Å². The summed E-state index contributed by atoms with van der Waals surface area (Å²) in [7, 11) is 0. The van der Waals surface area contributed by atoms with Crippen molar-refractivity contribution in [3.63, 3.8) is 0 Å². The lowest BCUT2D eigenvalue weighted by Crippen LogP contribution is -2.48. The van der Waals surface area contributed by atoms with Crippen LogP contribution in [-0.2, 0) is 9.59 Å². The summed E-state index contributed by atoms with van der Waals surface area (Å²) in [5.41, 5.74) is 4.03. The molecule has 1 heterocycles. The van der Waals surface area contributed by atoms with Gasteiger partial charge in [0, 0.05) is 13.0 Å². The molecule has 0 radical (unpaired) electrons. The number of rotatable bonds is 5. The van der Waals surface area contributed by atoms with Crippen LogP contribution in [-0.4, -0.2) is 18.4 Å². The summed E-state index contributed by atoms with van der Waals surface area (Å²) in [6.45, 7) is 4.86. The van der Waals surface area contributed by atoms with Crippen LogP contribution in [0.25, 0.3) is 0 Å². The number of hydrazine groups is 1. The van der Waals surface area contributed by atoms with Crippen LogP contribution in [0.1, 0.15) is 26.7 Å². The van der Waals surface area contributed by atoms with Crippen LogP contribution in [0.4, 0.5) is 5.69 Å². The summed E-state index contributed by atoms with van der Waals surface area (Å²) < 4.78 is 0. The molecular formula is C16H21N3O2. The first kappa shape index (κ1) is 15.1. The van der Waals surface area contributed by atoms with E-state index >= 15 is 0 Å². The number of carbonyl (C=O) groups excluding carboxylic acids is 2. The quantitative estimate of drug-likeness (QED) is 0.870. The highest BCUT2D eigenvalue weighted by Gasteiger charge is 2.23. The number of amides is 2. The molecular weight excluding hydrogens is 266 g/mol. The lowest BCUT2D eigenvalue weighted by Gasteiger charge is -2.28. The minimum atomic E-state index is -0.177. The molecule has 0 spiro atoms. The Hall–Kier alpha value is -2.30. The van der Waals surface area contributed by atoms with E-state index in [9.17, 15) is 9.59 Å². The minimum Gasteiger partial charge on any atom is -0.351 e. The molecule has 1 aromatic rings. The number of hydrogen-bond donors (Lipinski definition) is 2. The van der Waals surface area contributed by atoms with E-state index in [0.717, 1.165) is 12.1 Å². The fraction of sp³-hybridized carbons (Fsp3) is 0.375. The molecule has 0 fully saturated rings. The lowest BCUT2D eigenvalue weighted by atomic mass is 10.1. The molecule has 2 amide bonds. The monoisotopic (exact) mass is 287 g/mol. The number of para-hydroxylation sites is 1. The van der Waals surface area contributed by atoms with Crippen LogP contribution in [0, 0.1) is 5.92 Å². The average Bonchev–Trinajstić information content (AvgIpc) is 2.48. The number of nitrogens with one attached hydrogen (secondary N) is 2. The second-order valence-corrected chi connectivity index (χ2v) is 5.44. The first-order chi connectivity index (χ1) is 10.1. The molecule has 0 atom stereocenters. The van der Waals surface area contributed by atoms with Gasteiger partial charge >= 0.3 is 0 Å². The van der Waals surface area contributed by atoms with E-state index in [1.807, 2.05) is 30.3 Å². The zero-order chi connectivity index (χ0) is 15.2. The maximum atomic E-state index is 12.1. The standard InChI is InChI=1S/C16H21N3O2/c1-12(2)10-11-17-16(21)14-8-9-15(20)19(18-14)13-6-4-3-5-7-13/h3-8,12,18H,9-11H2,1-2H3,(H,17,21). The average molecular weight is 287 g/mol. The Morgan fingerprint density at radius 3 is 2.71 bits per heavy atom. The molecule has 5 nitrogen and oxygen atoms in total. The predicted octanol–water partition coefficient (Wildman–Crippen LogP) is 1.97. The largest absolute Gasteiger partial charge is 0.351 e. The maximum Gasteiger partial charge on any atom is 0.268 e. The summed E-state index contributed by atoms with van der Waals surface area (Å²) in [5, 5.41) is 4.28. The molecule has 0 aromatic heterocycles. The van der Waals surface area contributed by atoms with Crippen LogP contribution >= 0.6 is 0 Å². The molecule has 5 heteroatoms. The molecule has 1 aliphatic heterocycles. The highest BCUT2D eigenvalue weighted by atomic mass is 16.2. The maximum absolute atomic E-state index is 12.1. The molecule has 0 saturated carbocycles. The van der Waals surface area contributed by atoms with E-state index in [0.29, 0.717) is 18.2 Å². The molecule has 0 aliphatic carbocycles. The van der Waals surface area contributed by atoms with E-state index in [2.05, 4.69) is 24.6 Å². The van der Waals surface area contributed by atoms with Crippen molar-refractivity contribution in [1.29, 1.82) is 0 Å². The zero-order valence-corrected chi connectivity index (χ0v) is 12.4. The zero-order valence-electron chi connectivity index (χ0n) is 12.4. The smallest absolute Gasteiger partial charge is 0.268 e. The Morgan fingerprint density at radius 2 is 2.05 bits per heavy atom. The molecule has 0 unspecified atom stereocenters. The number of carbonyl (C=O) groups is 2. The van der Waals surface area contributed by atoms with Gasteiger partial charge in [0.15, 0.2) is 0 Å². The summed E-state index contributed by atoms with van der Waals surface area (Å²) in [5.74, 6) is 0.282. The van der Waals surface area contributed by atoms with Crippen molar-refractivity contribution in [2.75, 3.05) is 11.6 Å². The third kappa shape index (κ3) is 4.08. The molecule has 2 N–H and O–H groups in total. The molecule has 21 heavy (non-hydrogen) atoms. The summed E-state index contributed by atoms with van der Waals surface area (Å²) in [4.78, 5) is 24.0. The topological polar surface area (TPSA) is 61.4 Å². The minimum absolute atomic E-state index is 0.0834. The Morgan fingerprint density at radius 1 is 1.33 bits per heavy atom. The van der Waals surface area contributed by atoms with E-state index in [4.69, 9.17) is 0 Å². The fourth-order valence-corrected chi connectivity index (χ4v) is 2.01. The fourth-order valence-electron chi connectivity index (χ4n) is 2.01. The highest BCUT2D eigenvalue weighted by Crippen LogP contribution is 2.16. The van der Waals surface area contributed by atoms with E-state index in [-0.39, 0.29) is 18.2 Å². The van der Waals surface area contributed by atoms with Crippen LogP contribution in [0.2, 0.25) is 0 Å². The Balaban J connectivity index is 1.99. The molecule has 112 valence electrons. The van der Waals surface area contributed by atoms with Gasteiger partial charge in [-0.05, 0) is 30.5 Å². The van der Waals surface area contributed by atoms with Crippen molar-refractivity contribution < 1.29 is 9.59 Å². The predicted molar refractivity (Wildman–Crippen MR) is 82.2 cm³/mol. The SMILES string of the molecule is CC(C)CCNC(=O)C1=CCC(=O)N(c2ccccc2)N1. The Kier molecular flexibility index (Phi) is 4.98. The van der Waals surface area contributed by atoms with Crippen molar-refractivity contribution in [3.05, 3.63) is 42.1 Å². The van der Waals surface area contributed by atoms with Crippen molar-refractivity contribution in [2.45, 2.75) is 26.7 Å².